The van der Waals surface area contributed by atoms with Crippen LogP contribution in [0.1, 0.15) is 33.1 Å². The predicted molar refractivity (Wildman–Crippen MR) is 109 cm³/mol. The standard InChI is InChI=1S/C20H29N3O5S/c1-3-22(4-2)29(26,27)18-9-7-17(8-10-18)23-13-15(12-19(23)24)20(25)21-16-6-5-11-28-14-16/h7-10,15-16H,3-6,11-14H2,1-2H3,(H,21,25). The lowest BCUT2D eigenvalue weighted by molar-refractivity contribution is -0.127. The fourth-order valence-electron chi connectivity index (χ4n) is 3.82. The number of nitrogens with one attached hydrogen (secondary N) is 1. The molecule has 160 valence electrons. The molecule has 1 aromatic rings. The largest absolute Gasteiger partial charge is 0.379 e. The number of anilines is 1. The van der Waals surface area contributed by atoms with Crippen LogP contribution in [0.25, 0.3) is 0 Å². The summed E-state index contributed by atoms with van der Waals surface area (Å²) in [6.45, 7) is 5.91. The van der Waals surface area contributed by atoms with Gasteiger partial charge in [0.25, 0.3) is 0 Å². The summed E-state index contributed by atoms with van der Waals surface area (Å²) in [5.74, 6) is -0.676. The summed E-state index contributed by atoms with van der Waals surface area (Å²) >= 11 is 0. The third-order valence-electron chi connectivity index (χ3n) is 5.49. The number of amides is 2. The molecular weight excluding hydrogens is 394 g/mol. The number of benzene rings is 1. The van der Waals surface area contributed by atoms with Crippen molar-refractivity contribution in [3.63, 3.8) is 0 Å². The van der Waals surface area contributed by atoms with Crippen LogP contribution < -0.4 is 10.2 Å². The van der Waals surface area contributed by atoms with Crippen molar-refractivity contribution >= 4 is 27.5 Å². The Kier molecular flexibility index (Phi) is 6.92. The second-order valence-electron chi connectivity index (χ2n) is 7.41. The molecule has 2 fully saturated rings. The fourth-order valence-corrected chi connectivity index (χ4v) is 5.27. The van der Waals surface area contributed by atoms with Gasteiger partial charge in [0.15, 0.2) is 0 Å². The molecule has 8 nitrogen and oxygen atoms in total. The van der Waals surface area contributed by atoms with Crippen LogP contribution >= 0.6 is 0 Å². The van der Waals surface area contributed by atoms with Crippen LogP contribution in [-0.2, 0) is 24.3 Å². The summed E-state index contributed by atoms with van der Waals surface area (Å²) < 4.78 is 32.0. The first kappa shape index (κ1) is 21.7. The lowest BCUT2D eigenvalue weighted by atomic mass is 10.1. The van der Waals surface area contributed by atoms with Crippen LogP contribution in [0.5, 0.6) is 0 Å². The number of rotatable bonds is 7. The zero-order valence-electron chi connectivity index (χ0n) is 17.0. The van der Waals surface area contributed by atoms with Crippen molar-refractivity contribution < 1.29 is 22.7 Å². The number of ether oxygens (including phenoxy) is 1. The second-order valence-corrected chi connectivity index (χ2v) is 9.35. The maximum absolute atomic E-state index is 12.6. The lowest BCUT2D eigenvalue weighted by Gasteiger charge is -2.24. The van der Waals surface area contributed by atoms with E-state index in [1.54, 1.807) is 30.9 Å². The maximum atomic E-state index is 12.6. The van der Waals surface area contributed by atoms with Gasteiger partial charge >= 0.3 is 0 Å². The number of nitrogens with zero attached hydrogens (tertiary/aromatic N) is 2. The topological polar surface area (TPSA) is 96.0 Å². The number of sulfonamides is 1. The minimum absolute atomic E-state index is 0.00460. The number of hydrogen-bond acceptors (Lipinski definition) is 5. The average Bonchev–Trinajstić information content (AvgIpc) is 3.11. The predicted octanol–water partition coefficient (Wildman–Crippen LogP) is 1.37. The van der Waals surface area contributed by atoms with E-state index >= 15 is 0 Å². The Morgan fingerprint density at radius 1 is 1.24 bits per heavy atom. The van der Waals surface area contributed by atoms with Crippen LogP contribution in [0, 0.1) is 5.92 Å². The molecule has 9 heteroatoms. The first-order chi connectivity index (χ1) is 13.9. The first-order valence-corrected chi connectivity index (χ1v) is 11.6. The molecule has 2 unspecified atom stereocenters. The maximum Gasteiger partial charge on any atom is 0.243 e. The molecule has 0 saturated carbocycles. The third kappa shape index (κ3) is 4.79. The van der Waals surface area contributed by atoms with E-state index in [-0.39, 0.29) is 29.2 Å². The summed E-state index contributed by atoms with van der Waals surface area (Å²) in [7, 11) is -3.54. The van der Waals surface area contributed by atoms with E-state index in [0.717, 1.165) is 19.4 Å². The zero-order chi connectivity index (χ0) is 21.0. The van der Waals surface area contributed by atoms with Crippen molar-refractivity contribution in [1.82, 2.24) is 9.62 Å². The van der Waals surface area contributed by atoms with Gasteiger partial charge in [-0.1, -0.05) is 13.8 Å². The van der Waals surface area contributed by atoms with Gasteiger partial charge in [-0.05, 0) is 37.1 Å². The number of carbonyl (C=O) groups is 2. The zero-order valence-corrected chi connectivity index (χ0v) is 17.8. The Hall–Kier alpha value is -1.97. The van der Waals surface area contributed by atoms with E-state index in [1.807, 2.05) is 0 Å². The van der Waals surface area contributed by atoms with Gasteiger partial charge in [0.2, 0.25) is 21.8 Å². The molecule has 0 spiro atoms. The highest BCUT2D eigenvalue weighted by Gasteiger charge is 2.36. The van der Waals surface area contributed by atoms with Crippen LogP contribution in [-0.4, -0.2) is 63.4 Å². The molecule has 2 aliphatic heterocycles. The van der Waals surface area contributed by atoms with Gasteiger partial charge in [-0.15, -0.1) is 0 Å². The van der Waals surface area contributed by atoms with Crippen molar-refractivity contribution in [3.8, 4) is 0 Å². The highest BCUT2D eigenvalue weighted by atomic mass is 32.2. The van der Waals surface area contributed by atoms with Gasteiger partial charge in [-0.3, -0.25) is 9.59 Å². The van der Waals surface area contributed by atoms with Gasteiger partial charge in [0.05, 0.1) is 23.5 Å². The summed E-state index contributed by atoms with van der Waals surface area (Å²) in [4.78, 5) is 26.7. The van der Waals surface area contributed by atoms with E-state index in [9.17, 15) is 18.0 Å². The lowest BCUT2D eigenvalue weighted by Crippen LogP contribution is -2.44. The smallest absolute Gasteiger partial charge is 0.243 e. The molecule has 3 rings (SSSR count). The summed E-state index contributed by atoms with van der Waals surface area (Å²) in [6, 6.07) is 6.30. The van der Waals surface area contributed by atoms with Crippen LogP contribution in [0.15, 0.2) is 29.2 Å². The quantitative estimate of drug-likeness (QED) is 0.715. The Labute approximate surface area is 172 Å². The highest BCUT2D eigenvalue weighted by Crippen LogP contribution is 2.27. The molecule has 2 atom stereocenters. The molecule has 2 amide bonds. The van der Waals surface area contributed by atoms with Crippen molar-refractivity contribution in [2.45, 2.75) is 44.0 Å². The Balaban J connectivity index is 1.66. The van der Waals surface area contributed by atoms with Crippen molar-refractivity contribution in [3.05, 3.63) is 24.3 Å². The van der Waals surface area contributed by atoms with E-state index in [0.29, 0.717) is 31.9 Å². The molecule has 2 heterocycles. The summed E-state index contributed by atoms with van der Waals surface area (Å²) in [5, 5.41) is 2.98. The average molecular weight is 424 g/mol. The van der Waals surface area contributed by atoms with Gasteiger partial charge in [-0.25, -0.2) is 8.42 Å². The number of hydrogen-bond donors (Lipinski definition) is 1. The summed E-state index contributed by atoms with van der Waals surface area (Å²) in [6.07, 6.45) is 1.96. The molecule has 2 aliphatic rings. The molecule has 0 aliphatic carbocycles. The second kappa shape index (κ2) is 9.23. The number of carbonyl (C=O) groups excluding carboxylic acids is 2. The van der Waals surface area contributed by atoms with E-state index in [2.05, 4.69) is 5.32 Å². The van der Waals surface area contributed by atoms with Gasteiger partial charge in [0.1, 0.15) is 0 Å². The minimum atomic E-state index is -3.54. The van der Waals surface area contributed by atoms with Crippen molar-refractivity contribution in [1.29, 1.82) is 0 Å². The Bertz CT molecular complexity index is 830. The molecular formula is C20H29N3O5S. The SMILES string of the molecule is CCN(CC)S(=O)(=O)c1ccc(N2CC(C(=O)NC3CCCOC3)CC2=O)cc1. The van der Waals surface area contributed by atoms with Gasteiger partial charge in [0, 0.05) is 38.3 Å². The van der Waals surface area contributed by atoms with Crippen molar-refractivity contribution in [2.24, 2.45) is 5.92 Å². The van der Waals surface area contributed by atoms with Gasteiger partial charge < -0.3 is 15.0 Å². The van der Waals surface area contributed by atoms with E-state index < -0.39 is 15.9 Å². The molecule has 29 heavy (non-hydrogen) atoms. The minimum Gasteiger partial charge on any atom is -0.379 e. The molecule has 0 radical (unpaired) electrons. The van der Waals surface area contributed by atoms with E-state index in [4.69, 9.17) is 4.74 Å². The van der Waals surface area contributed by atoms with Crippen LogP contribution in [0.3, 0.4) is 0 Å². The molecule has 1 N–H and O–H groups in total. The Morgan fingerprint density at radius 3 is 2.52 bits per heavy atom. The summed E-state index contributed by atoms with van der Waals surface area (Å²) in [5.41, 5.74) is 0.602. The Morgan fingerprint density at radius 2 is 1.93 bits per heavy atom. The normalized spacial score (nSPS) is 22.9. The highest BCUT2D eigenvalue weighted by molar-refractivity contribution is 7.89. The molecule has 0 aromatic heterocycles. The first-order valence-electron chi connectivity index (χ1n) is 10.2. The monoisotopic (exact) mass is 423 g/mol. The van der Waals surface area contributed by atoms with Crippen molar-refractivity contribution in [2.75, 3.05) is 37.7 Å². The molecule has 1 aromatic carbocycles. The third-order valence-corrected chi connectivity index (χ3v) is 7.56. The molecule has 0 bridgehead atoms. The van der Waals surface area contributed by atoms with Crippen LogP contribution in [0.4, 0.5) is 5.69 Å². The van der Waals surface area contributed by atoms with Gasteiger partial charge in [-0.2, -0.15) is 4.31 Å². The van der Waals surface area contributed by atoms with Crippen LogP contribution in [0.2, 0.25) is 0 Å². The molecule has 2 saturated heterocycles. The van der Waals surface area contributed by atoms with E-state index in [1.165, 1.54) is 16.4 Å². The fraction of sp³-hybridized carbons (Fsp3) is 0.600.